The topological polar surface area (TPSA) is 132 Å². The molecule has 3 aliphatic rings. The summed E-state index contributed by atoms with van der Waals surface area (Å²) < 4.78 is 6.19. The Kier molecular flexibility index (Phi) is 14.2. The maximum atomic E-state index is 14.1. The van der Waals surface area contributed by atoms with Crippen LogP contribution in [-0.4, -0.2) is 89.6 Å². The molecule has 3 unspecified atom stereocenters. The smallest absolute Gasteiger partial charge is 0.305 e. The second-order valence-electron chi connectivity index (χ2n) is 11.4. The standard InChI is InChI=1S/C26H47N5O4.2ClH/c1-18-14-19(2)16-20(15-18)30(3)22(17-23(32)33)24(34)26(8-4-5-10-29-26)9-13-35-21-6-11-31(12-7-21)25(27)28;;/h18-22,29H,4-17H2,1-3H3,(H3,27,28)(H,32,33);2*1H/t18?,19?,20?,22-,26?;;/m0../s1. The maximum absolute atomic E-state index is 14.1. The van der Waals surface area contributed by atoms with Gasteiger partial charge in [0.05, 0.1) is 24.1 Å². The molecule has 0 aromatic heterocycles. The van der Waals surface area contributed by atoms with Crippen LogP contribution in [0, 0.1) is 17.2 Å². The second-order valence-corrected chi connectivity index (χ2v) is 11.4. The molecular formula is C26H49Cl2N5O4. The predicted molar refractivity (Wildman–Crippen MR) is 151 cm³/mol. The first kappa shape index (κ1) is 33.9. The number of likely N-dealkylation sites (tertiary alicyclic amines) is 1. The number of nitrogens with two attached hydrogens (primary N) is 1. The minimum Gasteiger partial charge on any atom is -0.481 e. The molecule has 2 heterocycles. The SMILES string of the molecule is CC1CC(C)CC(N(C)[C@@H](CC(=O)O)C(=O)C2(CCOC3CCN(C(=N)N)CC3)CCCCN2)C1.Cl.Cl. The number of guanidine groups is 1. The van der Waals surface area contributed by atoms with Crippen molar-refractivity contribution in [1.82, 2.24) is 15.1 Å². The van der Waals surface area contributed by atoms with E-state index < -0.39 is 17.6 Å². The highest BCUT2D eigenvalue weighted by Crippen LogP contribution is 2.34. The summed E-state index contributed by atoms with van der Waals surface area (Å²) >= 11 is 0. The van der Waals surface area contributed by atoms with Crippen LogP contribution >= 0.6 is 24.8 Å². The van der Waals surface area contributed by atoms with Gasteiger partial charge in [-0.25, -0.2) is 0 Å². The molecule has 216 valence electrons. The third kappa shape index (κ3) is 9.24. The summed E-state index contributed by atoms with van der Waals surface area (Å²) in [5, 5.41) is 20.8. The predicted octanol–water partition coefficient (Wildman–Crippen LogP) is 3.28. The van der Waals surface area contributed by atoms with E-state index in [1.54, 1.807) is 0 Å². The number of ketones is 1. The summed E-state index contributed by atoms with van der Waals surface area (Å²) in [6, 6.07) is -0.412. The summed E-state index contributed by atoms with van der Waals surface area (Å²) in [7, 11) is 1.96. The maximum Gasteiger partial charge on any atom is 0.305 e. The molecule has 0 spiro atoms. The average molecular weight is 567 g/mol. The van der Waals surface area contributed by atoms with Gasteiger partial charge in [-0.3, -0.25) is 19.9 Å². The highest BCUT2D eigenvalue weighted by atomic mass is 35.5. The lowest BCUT2D eigenvalue weighted by molar-refractivity contribution is -0.144. The van der Waals surface area contributed by atoms with E-state index in [1.807, 2.05) is 11.9 Å². The van der Waals surface area contributed by atoms with Crippen LogP contribution < -0.4 is 11.1 Å². The number of halogens is 2. The molecule has 0 amide bonds. The van der Waals surface area contributed by atoms with Crippen molar-refractivity contribution < 1.29 is 19.4 Å². The minimum absolute atomic E-state index is 0. The van der Waals surface area contributed by atoms with Gasteiger partial charge in [-0.1, -0.05) is 13.8 Å². The summed E-state index contributed by atoms with van der Waals surface area (Å²) in [6.45, 7) is 7.17. The number of piperidine rings is 2. The van der Waals surface area contributed by atoms with Gasteiger partial charge < -0.3 is 25.8 Å². The third-order valence-electron chi connectivity index (χ3n) is 8.52. The molecule has 3 rings (SSSR count). The number of hydrogen-bond donors (Lipinski definition) is 4. The Morgan fingerprint density at radius 3 is 2.30 bits per heavy atom. The lowest BCUT2D eigenvalue weighted by Gasteiger charge is -2.45. The van der Waals surface area contributed by atoms with E-state index >= 15 is 0 Å². The van der Waals surface area contributed by atoms with E-state index in [2.05, 4.69) is 24.1 Å². The first-order chi connectivity index (χ1) is 16.6. The molecule has 0 aromatic carbocycles. The number of carbonyl (C=O) groups excluding carboxylic acids is 1. The molecule has 3 fully saturated rings. The summed E-state index contributed by atoms with van der Waals surface area (Å²) in [4.78, 5) is 29.9. The molecule has 37 heavy (non-hydrogen) atoms. The first-order valence-electron chi connectivity index (χ1n) is 13.5. The van der Waals surface area contributed by atoms with E-state index in [-0.39, 0.29) is 55.1 Å². The Morgan fingerprint density at radius 2 is 1.78 bits per heavy atom. The van der Waals surface area contributed by atoms with Crippen LogP contribution in [0.2, 0.25) is 0 Å². The van der Waals surface area contributed by atoms with Crippen molar-refractivity contribution in [3.8, 4) is 0 Å². The highest BCUT2D eigenvalue weighted by molar-refractivity contribution is 5.95. The zero-order valence-electron chi connectivity index (χ0n) is 22.7. The number of carboxylic acids is 1. The molecule has 1 aliphatic carbocycles. The van der Waals surface area contributed by atoms with Gasteiger partial charge in [0.1, 0.15) is 0 Å². The largest absolute Gasteiger partial charge is 0.481 e. The molecule has 1 saturated carbocycles. The van der Waals surface area contributed by atoms with Gasteiger partial charge in [-0.05, 0) is 83.2 Å². The van der Waals surface area contributed by atoms with Crippen LogP contribution in [0.5, 0.6) is 0 Å². The Bertz CT molecular complexity index is 734. The van der Waals surface area contributed by atoms with Crippen LogP contribution in [0.15, 0.2) is 0 Å². The zero-order chi connectivity index (χ0) is 25.6. The van der Waals surface area contributed by atoms with Crippen molar-refractivity contribution in [3.05, 3.63) is 0 Å². The Hall–Kier alpha value is -1.13. The molecule has 0 aromatic rings. The lowest BCUT2D eigenvalue weighted by Crippen LogP contribution is -2.62. The molecule has 0 radical (unpaired) electrons. The van der Waals surface area contributed by atoms with Gasteiger partial charge in [-0.2, -0.15) is 0 Å². The van der Waals surface area contributed by atoms with Crippen molar-refractivity contribution in [2.75, 3.05) is 33.3 Å². The number of Topliss-reactive ketones (excluding diaryl/α,β-unsaturated/α-hetero) is 1. The fraction of sp³-hybridized carbons (Fsp3) is 0.885. The normalized spacial score (nSPS) is 29.6. The van der Waals surface area contributed by atoms with E-state index in [0.29, 0.717) is 38.0 Å². The number of aliphatic carboxylic acids is 1. The van der Waals surface area contributed by atoms with Gasteiger partial charge >= 0.3 is 5.97 Å². The number of likely N-dealkylation sites (N-methyl/N-ethyl adjacent to an activating group) is 1. The van der Waals surface area contributed by atoms with Gasteiger partial charge in [0, 0.05) is 25.7 Å². The van der Waals surface area contributed by atoms with Gasteiger partial charge in [-0.15, -0.1) is 24.8 Å². The van der Waals surface area contributed by atoms with Crippen LogP contribution in [0.4, 0.5) is 0 Å². The van der Waals surface area contributed by atoms with Crippen LogP contribution in [0.25, 0.3) is 0 Å². The van der Waals surface area contributed by atoms with Crippen molar-refractivity contribution in [2.24, 2.45) is 17.6 Å². The number of nitrogens with one attached hydrogen (secondary N) is 2. The van der Waals surface area contributed by atoms with Gasteiger partial charge in [0.15, 0.2) is 11.7 Å². The second kappa shape index (κ2) is 15.5. The number of carboxylic acid groups (broad SMARTS) is 1. The number of ether oxygens (including phenoxy) is 1. The first-order valence-corrected chi connectivity index (χ1v) is 13.5. The van der Waals surface area contributed by atoms with Gasteiger partial charge in [0.25, 0.3) is 0 Å². The van der Waals surface area contributed by atoms with Crippen molar-refractivity contribution in [2.45, 2.75) is 102 Å². The molecule has 2 saturated heterocycles. The fourth-order valence-corrected chi connectivity index (χ4v) is 6.58. The fourth-order valence-electron chi connectivity index (χ4n) is 6.58. The summed E-state index contributed by atoms with van der Waals surface area (Å²) in [5.41, 5.74) is 4.86. The van der Waals surface area contributed by atoms with Crippen molar-refractivity contribution in [3.63, 3.8) is 0 Å². The summed E-state index contributed by atoms with van der Waals surface area (Å²) in [6.07, 6.45) is 8.03. The highest BCUT2D eigenvalue weighted by Gasteiger charge is 2.46. The van der Waals surface area contributed by atoms with E-state index in [4.69, 9.17) is 15.9 Å². The van der Waals surface area contributed by atoms with Crippen LogP contribution in [-0.2, 0) is 14.3 Å². The number of hydrogen-bond acceptors (Lipinski definition) is 6. The Labute approximate surface area is 234 Å². The Balaban J connectivity index is 0.00000342. The van der Waals surface area contributed by atoms with E-state index in [0.717, 1.165) is 51.5 Å². The Morgan fingerprint density at radius 1 is 1.16 bits per heavy atom. The summed E-state index contributed by atoms with van der Waals surface area (Å²) in [5.74, 6) is 0.358. The number of carbonyl (C=O) groups is 2. The average Bonchev–Trinajstić information content (AvgIpc) is 2.82. The zero-order valence-corrected chi connectivity index (χ0v) is 24.4. The van der Waals surface area contributed by atoms with E-state index in [1.165, 1.54) is 6.42 Å². The quantitative estimate of drug-likeness (QED) is 0.234. The molecule has 4 atom stereocenters. The molecule has 5 N–H and O–H groups in total. The molecule has 2 aliphatic heterocycles. The van der Waals surface area contributed by atoms with Crippen molar-refractivity contribution in [1.29, 1.82) is 5.41 Å². The third-order valence-corrected chi connectivity index (χ3v) is 8.52. The van der Waals surface area contributed by atoms with Crippen molar-refractivity contribution >= 4 is 42.5 Å². The molecule has 9 nitrogen and oxygen atoms in total. The molecule has 11 heteroatoms. The van der Waals surface area contributed by atoms with Crippen LogP contribution in [0.1, 0.15) is 78.1 Å². The van der Waals surface area contributed by atoms with E-state index in [9.17, 15) is 14.7 Å². The lowest BCUT2D eigenvalue weighted by atomic mass is 9.76. The molecular weight excluding hydrogens is 517 g/mol. The van der Waals surface area contributed by atoms with Crippen LogP contribution in [0.3, 0.4) is 0 Å². The minimum atomic E-state index is -0.924. The monoisotopic (exact) mass is 565 g/mol. The number of nitrogens with zero attached hydrogens (tertiary/aromatic N) is 2. The van der Waals surface area contributed by atoms with Gasteiger partial charge in [0.2, 0.25) is 0 Å². The number of rotatable bonds is 10. The molecule has 0 bridgehead atoms.